The number of hydrogen-bond acceptors (Lipinski definition) is 0. The van der Waals surface area contributed by atoms with Gasteiger partial charge < -0.3 is 0 Å². The normalized spacial score (nSPS) is 11.3. The van der Waals surface area contributed by atoms with E-state index < -0.39 is 0 Å². The van der Waals surface area contributed by atoms with Crippen LogP contribution in [0.3, 0.4) is 0 Å². The zero-order chi connectivity index (χ0) is 12.3. The number of allylic oxidation sites excluding steroid dienone is 7. The number of hydrogen-bond donors (Lipinski definition) is 0. The predicted molar refractivity (Wildman–Crippen MR) is 73.1 cm³/mol. The van der Waals surface area contributed by atoms with Crippen molar-refractivity contribution in [3.63, 3.8) is 0 Å². The molecule has 0 heterocycles. The van der Waals surface area contributed by atoms with Crippen molar-refractivity contribution < 1.29 is 0 Å². The Bertz CT molecular complexity index is 245. The Kier molecular flexibility index (Phi) is 12.1. The average molecular weight is 206 g/mol. The fraction of sp³-hybridized carbons (Fsp3) is 0.467. The second-order valence-electron chi connectivity index (χ2n) is 3.37. The third kappa shape index (κ3) is 9.27. The van der Waals surface area contributed by atoms with E-state index in [0.29, 0.717) is 0 Å². The summed E-state index contributed by atoms with van der Waals surface area (Å²) in [6, 6.07) is 0. The molecule has 0 aliphatic rings. The molecule has 0 nitrogen and oxygen atoms in total. The molecule has 0 aromatic rings. The Morgan fingerprint density at radius 1 is 1.00 bits per heavy atom. The molecule has 15 heavy (non-hydrogen) atoms. The topological polar surface area (TPSA) is 0 Å². The molecule has 0 aliphatic carbocycles. The van der Waals surface area contributed by atoms with E-state index in [1.807, 2.05) is 26.0 Å². The molecule has 0 aromatic heterocycles. The first kappa shape index (κ1) is 16.4. The van der Waals surface area contributed by atoms with Crippen LogP contribution in [0.25, 0.3) is 0 Å². The Labute approximate surface area is 96.1 Å². The maximum absolute atomic E-state index is 3.69. The van der Waals surface area contributed by atoms with Gasteiger partial charge in [-0.1, -0.05) is 57.2 Å². The standard InChI is InChI=1S/C13H20.C2H6/c1-6-8-12(5)13(7-2)10-9-11(3)4;1-2/h6,8-10H,1,7H2,2-5H3;1-2H3/b12-8+,13-10+;. The van der Waals surface area contributed by atoms with Crippen LogP contribution in [0.1, 0.15) is 48.0 Å². The molecule has 0 N–H and O–H groups in total. The molecular weight excluding hydrogens is 180 g/mol. The fourth-order valence-corrected chi connectivity index (χ4v) is 1.08. The van der Waals surface area contributed by atoms with Gasteiger partial charge in [-0.2, -0.15) is 0 Å². The molecule has 0 atom stereocenters. The van der Waals surface area contributed by atoms with Crippen molar-refractivity contribution in [1.29, 1.82) is 0 Å². The van der Waals surface area contributed by atoms with Crippen LogP contribution in [-0.4, -0.2) is 0 Å². The minimum absolute atomic E-state index is 1.07. The third-order valence-corrected chi connectivity index (χ3v) is 1.87. The summed E-state index contributed by atoms with van der Waals surface area (Å²) in [6.45, 7) is 16.2. The van der Waals surface area contributed by atoms with E-state index in [4.69, 9.17) is 0 Å². The van der Waals surface area contributed by atoms with Crippen LogP contribution in [0.2, 0.25) is 0 Å². The lowest BCUT2D eigenvalue weighted by Crippen LogP contribution is -1.82. The third-order valence-electron chi connectivity index (χ3n) is 1.87. The summed E-state index contributed by atoms with van der Waals surface area (Å²) >= 11 is 0. The molecule has 0 fully saturated rings. The first-order valence-electron chi connectivity index (χ1n) is 5.75. The Balaban J connectivity index is 0. The number of rotatable bonds is 4. The van der Waals surface area contributed by atoms with E-state index in [1.54, 1.807) is 0 Å². The van der Waals surface area contributed by atoms with Crippen LogP contribution in [-0.2, 0) is 0 Å². The molecular formula is C15H26. The van der Waals surface area contributed by atoms with E-state index in [2.05, 4.69) is 46.4 Å². The Hall–Kier alpha value is -1.04. The highest BCUT2D eigenvalue weighted by molar-refractivity contribution is 5.34. The molecule has 0 heteroatoms. The minimum Gasteiger partial charge on any atom is -0.0991 e. The van der Waals surface area contributed by atoms with Gasteiger partial charge in [0.2, 0.25) is 0 Å². The molecule has 86 valence electrons. The molecule has 0 aromatic carbocycles. The van der Waals surface area contributed by atoms with Gasteiger partial charge in [-0.3, -0.25) is 0 Å². The van der Waals surface area contributed by atoms with E-state index in [-0.39, 0.29) is 0 Å². The highest BCUT2D eigenvalue weighted by Crippen LogP contribution is 2.13. The van der Waals surface area contributed by atoms with Gasteiger partial charge in [0.15, 0.2) is 0 Å². The van der Waals surface area contributed by atoms with Crippen molar-refractivity contribution in [2.75, 3.05) is 0 Å². The van der Waals surface area contributed by atoms with Crippen LogP contribution < -0.4 is 0 Å². The smallest absolute Gasteiger partial charge is 0.0305 e. The zero-order valence-corrected chi connectivity index (χ0v) is 11.2. The fourth-order valence-electron chi connectivity index (χ4n) is 1.08. The lowest BCUT2D eigenvalue weighted by molar-refractivity contribution is 1.10. The van der Waals surface area contributed by atoms with Gasteiger partial charge in [-0.15, -0.1) is 0 Å². The second-order valence-corrected chi connectivity index (χ2v) is 3.37. The van der Waals surface area contributed by atoms with E-state index in [9.17, 15) is 0 Å². The molecule has 0 bridgehead atoms. The molecule has 0 saturated heterocycles. The van der Waals surface area contributed by atoms with Gasteiger partial charge in [0.25, 0.3) is 0 Å². The summed E-state index contributed by atoms with van der Waals surface area (Å²) in [5.41, 5.74) is 4.01. The average Bonchev–Trinajstić information content (AvgIpc) is 2.21. The molecule has 0 unspecified atom stereocenters. The van der Waals surface area contributed by atoms with Crippen LogP contribution in [0, 0.1) is 0 Å². The van der Waals surface area contributed by atoms with Crippen LogP contribution in [0.15, 0.2) is 47.6 Å². The van der Waals surface area contributed by atoms with Crippen LogP contribution >= 0.6 is 0 Å². The Morgan fingerprint density at radius 2 is 1.53 bits per heavy atom. The summed E-state index contributed by atoms with van der Waals surface area (Å²) in [5.74, 6) is 0. The minimum atomic E-state index is 1.07. The van der Waals surface area contributed by atoms with Crippen LogP contribution in [0.4, 0.5) is 0 Å². The van der Waals surface area contributed by atoms with Gasteiger partial charge in [0, 0.05) is 0 Å². The SMILES string of the molecule is C=C/C=C(C)/C(=C/C=C(C)C)CC.CC. The lowest BCUT2D eigenvalue weighted by atomic mass is 10.0. The molecule has 0 amide bonds. The monoisotopic (exact) mass is 206 g/mol. The quantitative estimate of drug-likeness (QED) is 0.537. The zero-order valence-electron chi connectivity index (χ0n) is 11.2. The molecule has 0 saturated carbocycles. The highest BCUT2D eigenvalue weighted by Gasteiger charge is 1.93. The summed E-state index contributed by atoms with van der Waals surface area (Å²) < 4.78 is 0. The maximum atomic E-state index is 3.69. The summed E-state index contributed by atoms with van der Waals surface area (Å²) in [7, 11) is 0. The molecule has 0 rings (SSSR count). The van der Waals surface area contributed by atoms with Crippen molar-refractivity contribution in [2.24, 2.45) is 0 Å². The van der Waals surface area contributed by atoms with Crippen molar-refractivity contribution in [3.05, 3.63) is 47.6 Å². The van der Waals surface area contributed by atoms with Crippen LogP contribution in [0.5, 0.6) is 0 Å². The molecule has 0 spiro atoms. The molecule has 0 aliphatic heterocycles. The lowest BCUT2D eigenvalue weighted by Gasteiger charge is -2.02. The second kappa shape index (κ2) is 11.0. The largest absolute Gasteiger partial charge is 0.0991 e. The van der Waals surface area contributed by atoms with E-state index in [1.165, 1.54) is 16.7 Å². The highest BCUT2D eigenvalue weighted by atomic mass is 14.0. The van der Waals surface area contributed by atoms with Crippen molar-refractivity contribution in [3.8, 4) is 0 Å². The van der Waals surface area contributed by atoms with E-state index >= 15 is 0 Å². The summed E-state index contributed by atoms with van der Waals surface area (Å²) in [6.07, 6.45) is 9.29. The first-order chi connectivity index (χ1) is 7.11. The van der Waals surface area contributed by atoms with Crippen molar-refractivity contribution in [2.45, 2.75) is 48.0 Å². The van der Waals surface area contributed by atoms with E-state index in [0.717, 1.165) is 6.42 Å². The van der Waals surface area contributed by atoms with Gasteiger partial charge >= 0.3 is 0 Å². The predicted octanol–water partition coefficient (Wildman–Crippen LogP) is 5.45. The first-order valence-corrected chi connectivity index (χ1v) is 5.75. The van der Waals surface area contributed by atoms with Gasteiger partial charge in [0.1, 0.15) is 0 Å². The van der Waals surface area contributed by atoms with Gasteiger partial charge in [-0.25, -0.2) is 0 Å². The van der Waals surface area contributed by atoms with Gasteiger partial charge in [-0.05, 0) is 38.3 Å². The summed E-state index contributed by atoms with van der Waals surface area (Å²) in [4.78, 5) is 0. The van der Waals surface area contributed by atoms with Crippen molar-refractivity contribution >= 4 is 0 Å². The maximum Gasteiger partial charge on any atom is -0.0305 e. The molecule has 0 radical (unpaired) electrons. The van der Waals surface area contributed by atoms with Crippen molar-refractivity contribution in [1.82, 2.24) is 0 Å². The summed E-state index contributed by atoms with van der Waals surface area (Å²) in [5, 5.41) is 0. The van der Waals surface area contributed by atoms with Gasteiger partial charge in [0.05, 0.1) is 0 Å². The Morgan fingerprint density at radius 3 is 1.87 bits per heavy atom.